The number of hydrogen-bond acceptors (Lipinski definition) is 4. The molecular formula is C18H21N3O4. The summed E-state index contributed by atoms with van der Waals surface area (Å²) in [5, 5.41) is 2.80. The minimum atomic E-state index is -0.263. The third kappa shape index (κ3) is 3.76. The summed E-state index contributed by atoms with van der Waals surface area (Å²) < 4.78 is 12.7. The average Bonchev–Trinajstić information content (AvgIpc) is 3.05. The van der Waals surface area contributed by atoms with Gasteiger partial charge in [-0.3, -0.25) is 9.59 Å². The maximum absolute atomic E-state index is 12.5. The van der Waals surface area contributed by atoms with Gasteiger partial charge in [0.2, 0.25) is 5.91 Å². The standard InChI is InChI=1S/C18H21N3O4/c1-3-21(18(23)14-5-4-8-20(14)2)12-17(22)19-13-6-7-15-16(11-13)25-10-9-24-15/h4-8,11H,3,9-10,12H2,1-2H3,(H,19,22). The van der Waals surface area contributed by atoms with E-state index in [0.29, 0.717) is 42.6 Å². The van der Waals surface area contributed by atoms with Gasteiger partial charge in [-0.2, -0.15) is 0 Å². The maximum atomic E-state index is 12.5. The van der Waals surface area contributed by atoms with Crippen LogP contribution in [0.1, 0.15) is 17.4 Å². The number of anilines is 1. The number of aromatic nitrogens is 1. The van der Waals surface area contributed by atoms with Crippen LogP contribution in [0.3, 0.4) is 0 Å². The van der Waals surface area contributed by atoms with Crippen molar-refractivity contribution in [1.82, 2.24) is 9.47 Å². The normalized spacial score (nSPS) is 12.6. The molecule has 0 saturated carbocycles. The second kappa shape index (κ2) is 7.29. The van der Waals surface area contributed by atoms with Crippen molar-refractivity contribution in [3.8, 4) is 11.5 Å². The lowest BCUT2D eigenvalue weighted by atomic mass is 10.2. The molecular weight excluding hydrogens is 322 g/mol. The number of nitrogens with zero attached hydrogens (tertiary/aromatic N) is 2. The van der Waals surface area contributed by atoms with E-state index >= 15 is 0 Å². The van der Waals surface area contributed by atoms with Crippen LogP contribution in [0.25, 0.3) is 0 Å². The van der Waals surface area contributed by atoms with E-state index in [9.17, 15) is 9.59 Å². The molecule has 0 radical (unpaired) electrons. The Morgan fingerprint density at radius 2 is 1.96 bits per heavy atom. The molecule has 0 saturated heterocycles. The van der Waals surface area contributed by atoms with Gasteiger partial charge in [0, 0.05) is 31.5 Å². The number of aryl methyl sites for hydroxylation is 1. The van der Waals surface area contributed by atoms with Crippen LogP contribution in [-0.4, -0.2) is 47.6 Å². The molecule has 2 amide bonds. The number of fused-ring (bicyclic) bond motifs is 1. The van der Waals surface area contributed by atoms with Gasteiger partial charge < -0.3 is 24.3 Å². The predicted octanol–water partition coefficient (Wildman–Crippen LogP) is 1.90. The summed E-state index contributed by atoms with van der Waals surface area (Å²) in [4.78, 5) is 26.4. The summed E-state index contributed by atoms with van der Waals surface area (Å²) in [6, 6.07) is 8.78. The van der Waals surface area contributed by atoms with Gasteiger partial charge >= 0.3 is 0 Å². The Balaban J connectivity index is 1.65. The van der Waals surface area contributed by atoms with Gasteiger partial charge in [-0.1, -0.05) is 0 Å². The molecule has 1 aromatic heterocycles. The lowest BCUT2D eigenvalue weighted by Gasteiger charge is -2.21. The Bertz CT molecular complexity index is 784. The van der Waals surface area contributed by atoms with E-state index in [1.54, 1.807) is 48.1 Å². The average molecular weight is 343 g/mol. The highest BCUT2D eigenvalue weighted by atomic mass is 16.6. The quantitative estimate of drug-likeness (QED) is 0.900. The molecule has 7 nitrogen and oxygen atoms in total. The number of likely N-dealkylation sites (N-methyl/N-ethyl adjacent to an activating group) is 1. The first kappa shape index (κ1) is 16.9. The molecule has 25 heavy (non-hydrogen) atoms. The third-order valence-electron chi connectivity index (χ3n) is 3.99. The SMILES string of the molecule is CCN(CC(=O)Nc1ccc2c(c1)OCCO2)C(=O)c1cccn1C. The van der Waals surface area contributed by atoms with Crippen LogP contribution in [0, 0.1) is 0 Å². The Kier molecular flexibility index (Phi) is 4.92. The van der Waals surface area contributed by atoms with E-state index in [1.165, 1.54) is 4.90 Å². The first-order valence-electron chi connectivity index (χ1n) is 8.18. The van der Waals surface area contributed by atoms with Gasteiger partial charge in [-0.05, 0) is 31.2 Å². The van der Waals surface area contributed by atoms with Crippen molar-refractivity contribution >= 4 is 17.5 Å². The van der Waals surface area contributed by atoms with Crippen molar-refractivity contribution in [3.63, 3.8) is 0 Å². The van der Waals surface area contributed by atoms with Gasteiger partial charge in [0.25, 0.3) is 5.91 Å². The number of nitrogens with one attached hydrogen (secondary N) is 1. The fourth-order valence-electron chi connectivity index (χ4n) is 2.67. The van der Waals surface area contributed by atoms with E-state index in [2.05, 4.69) is 5.32 Å². The molecule has 1 aliphatic rings. The Morgan fingerprint density at radius 3 is 2.64 bits per heavy atom. The smallest absolute Gasteiger partial charge is 0.270 e. The number of hydrogen-bond donors (Lipinski definition) is 1. The van der Waals surface area contributed by atoms with Gasteiger partial charge in [-0.25, -0.2) is 0 Å². The first-order chi connectivity index (χ1) is 12.1. The van der Waals surface area contributed by atoms with E-state index in [4.69, 9.17) is 9.47 Å². The molecule has 0 fully saturated rings. The highest BCUT2D eigenvalue weighted by molar-refractivity contribution is 5.98. The summed E-state index contributed by atoms with van der Waals surface area (Å²) in [7, 11) is 1.80. The first-order valence-corrected chi connectivity index (χ1v) is 8.18. The van der Waals surface area contributed by atoms with E-state index in [1.807, 2.05) is 6.92 Å². The molecule has 0 aliphatic carbocycles. The Hall–Kier alpha value is -2.96. The molecule has 1 N–H and O–H groups in total. The third-order valence-corrected chi connectivity index (χ3v) is 3.99. The lowest BCUT2D eigenvalue weighted by molar-refractivity contribution is -0.116. The summed E-state index contributed by atoms with van der Waals surface area (Å²) >= 11 is 0. The highest BCUT2D eigenvalue weighted by Crippen LogP contribution is 2.32. The van der Waals surface area contributed by atoms with Crippen LogP contribution >= 0.6 is 0 Å². The lowest BCUT2D eigenvalue weighted by Crippen LogP contribution is -2.38. The topological polar surface area (TPSA) is 72.8 Å². The molecule has 1 aromatic carbocycles. The van der Waals surface area contributed by atoms with E-state index in [-0.39, 0.29) is 18.4 Å². The summed E-state index contributed by atoms with van der Waals surface area (Å²) in [6.45, 7) is 3.27. The van der Waals surface area contributed by atoms with Crippen LogP contribution in [-0.2, 0) is 11.8 Å². The zero-order valence-electron chi connectivity index (χ0n) is 14.3. The molecule has 0 unspecified atom stereocenters. The maximum Gasteiger partial charge on any atom is 0.270 e. The van der Waals surface area contributed by atoms with Gasteiger partial charge in [0.1, 0.15) is 25.5 Å². The van der Waals surface area contributed by atoms with Crippen molar-refractivity contribution < 1.29 is 19.1 Å². The molecule has 3 rings (SSSR count). The monoisotopic (exact) mass is 343 g/mol. The number of amides is 2. The molecule has 1 aliphatic heterocycles. The highest BCUT2D eigenvalue weighted by Gasteiger charge is 2.20. The van der Waals surface area contributed by atoms with E-state index < -0.39 is 0 Å². The Labute approximate surface area is 146 Å². The summed E-state index contributed by atoms with van der Waals surface area (Å²) in [5.74, 6) is 0.836. The summed E-state index contributed by atoms with van der Waals surface area (Å²) in [5.41, 5.74) is 1.16. The largest absolute Gasteiger partial charge is 0.486 e. The number of carbonyl (C=O) groups excluding carboxylic acids is 2. The van der Waals surface area contributed by atoms with Gasteiger partial charge in [-0.15, -0.1) is 0 Å². The number of rotatable bonds is 5. The van der Waals surface area contributed by atoms with Crippen LogP contribution in [0.5, 0.6) is 11.5 Å². The van der Waals surface area contributed by atoms with Crippen LogP contribution in [0.4, 0.5) is 5.69 Å². The van der Waals surface area contributed by atoms with Crippen molar-refractivity contribution in [1.29, 1.82) is 0 Å². The zero-order valence-corrected chi connectivity index (χ0v) is 14.3. The zero-order chi connectivity index (χ0) is 17.8. The molecule has 0 bridgehead atoms. The predicted molar refractivity (Wildman–Crippen MR) is 93.1 cm³/mol. The molecule has 2 aromatic rings. The molecule has 132 valence electrons. The van der Waals surface area contributed by atoms with Gasteiger partial charge in [0.05, 0.1) is 0 Å². The molecule has 0 spiro atoms. The second-order valence-electron chi connectivity index (χ2n) is 5.73. The molecule has 7 heteroatoms. The van der Waals surface area contributed by atoms with Crippen molar-refractivity contribution in [2.75, 3.05) is 31.6 Å². The second-order valence-corrected chi connectivity index (χ2v) is 5.73. The van der Waals surface area contributed by atoms with Crippen LogP contribution < -0.4 is 14.8 Å². The number of ether oxygens (including phenoxy) is 2. The minimum absolute atomic E-state index is 0.0189. The van der Waals surface area contributed by atoms with Crippen molar-refractivity contribution in [3.05, 3.63) is 42.2 Å². The Morgan fingerprint density at radius 1 is 1.20 bits per heavy atom. The van der Waals surface area contributed by atoms with Crippen LogP contribution in [0.2, 0.25) is 0 Å². The van der Waals surface area contributed by atoms with Crippen molar-refractivity contribution in [2.24, 2.45) is 7.05 Å². The minimum Gasteiger partial charge on any atom is -0.486 e. The fraction of sp³-hybridized carbons (Fsp3) is 0.333. The fourth-order valence-corrected chi connectivity index (χ4v) is 2.67. The molecule has 2 heterocycles. The van der Waals surface area contributed by atoms with Gasteiger partial charge in [0.15, 0.2) is 11.5 Å². The number of benzene rings is 1. The van der Waals surface area contributed by atoms with Crippen molar-refractivity contribution in [2.45, 2.75) is 6.92 Å². The van der Waals surface area contributed by atoms with Crippen LogP contribution in [0.15, 0.2) is 36.5 Å². The number of carbonyl (C=O) groups is 2. The van der Waals surface area contributed by atoms with E-state index in [0.717, 1.165) is 0 Å². The molecule has 0 atom stereocenters. The summed E-state index contributed by atoms with van der Waals surface area (Å²) in [6.07, 6.45) is 1.80.